The van der Waals surface area contributed by atoms with E-state index in [0.29, 0.717) is 6.54 Å². The molecule has 0 saturated carbocycles. The highest BCUT2D eigenvalue weighted by Crippen LogP contribution is 2.02. The van der Waals surface area contributed by atoms with Crippen molar-refractivity contribution < 1.29 is 0 Å². The molecule has 15 heavy (non-hydrogen) atoms. The molecule has 0 aliphatic carbocycles. The maximum Gasteiger partial charge on any atom is 0.0950 e. The normalized spacial score (nSPS) is 10.9. The topological polar surface area (TPSA) is 47.1 Å². The van der Waals surface area contributed by atoms with Gasteiger partial charge in [0.15, 0.2) is 0 Å². The van der Waals surface area contributed by atoms with E-state index in [1.165, 1.54) is 5.57 Å². The zero-order valence-electron chi connectivity index (χ0n) is 9.61. The van der Waals surface area contributed by atoms with Crippen LogP contribution < -0.4 is 5.73 Å². The van der Waals surface area contributed by atoms with Crippen LogP contribution >= 0.6 is 0 Å². The summed E-state index contributed by atoms with van der Waals surface area (Å²) in [7, 11) is 2.07. The van der Waals surface area contributed by atoms with Crippen molar-refractivity contribution in [3.8, 4) is 0 Å². The molecular formula is C11H20N4. The first kappa shape index (κ1) is 11.9. The fourth-order valence-corrected chi connectivity index (χ4v) is 1.55. The number of nitrogens with two attached hydrogens (primary N) is 1. The SMILES string of the molecule is C=C(C)CN(C)Cc1cn(CCN)cn1. The third-order valence-corrected chi connectivity index (χ3v) is 2.05. The molecule has 0 bridgehead atoms. The number of imidazole rings is 1. The van der Waals surface area contributed by atoms with Crippen LogP contribution in [0.2, 0.25) is 0 Å². The van der Waals surface area contributed by atoms with Gasteiger partial charge < -0.3 is 10.3 Å². The number of hydrogen-bond donors (Lipinski definition) is 1. The minimum atomic E-state index is 0.650. The smallest absolute Gasteiger partial charge is 0.0950 e. The van der Waals surface area contributed by atoms with Crippen molar-refractivity contribution in [2.75, 3.05) is 20.1 Å². The second-order valence-electron chi connectivity index (χ2n) is 4.02. The van der Waals surface area contributed by atoms with E-state index in [1.807, 2.05) is 24.0 Å². The van der Waals surface area contributed by atoms with Gasteiger partial charge in [-0.15, -0.1) is 0 Å². The maximum atomic E-state index is 5.47. The molecule has 1 rings (SSSR count). The van der Waals surface area contributed by atoms with E-state index in [4.69, 9.17) is 5.73 Å². The van der Waals surface area contributed by atoms with Gasteiger partial charge in [0.05, 0.1) is 12.0 Å². The molecular weight excluding hydrogens is 188 g/mol. The van der Waals surface area contributed by atoms with Crippen molar-refractivity contribution >= 4 is 0 Å². The molecule has 2 N–H and O–H groups in total. The molecule has 1 aromatic rings. The summed E-state index contributed by atoms with van der Waals surface area (Å²) in [6, 6.07) is 0. The third kappa shape index (κ3) is 4.27. The number of likely N-dealkylation sites (N-methyl/N-ethyl adjacent to an activating group) is 1. The lowest BCUT2D eigenvalue weighted by Crippen LogP contribution is -2.19. The summed E-state index contributed by atoms with van der Waals surface area (Å²) in [5.41, 5.74) is 7.71. The quantitative estimate of drug-likeness (QED) is 0.705. The Labute approximate surface area is 91.4 Å². The highest BCUT2D eigenvalue weighted by Gasteiger charge is 2.03. The Morgan fingerprint density at radius 1 is 1.67 bits per heavy atom. The van der Waals surface area contributed by atoms with Gasteiger partial charge >= 0.3 is 0 Å². The summed E-state index contributed by atoms with van der Waals surface area (Å²) in [6.07, 6.45) is 3.87. The van der Waals surface area contributed by atoms with Crippen LogP contribution in [0.1, 0.15) is 12.6 Å². The molecule has 0 fully saturated rings. The largest absolute Gasteiger partial charge is 0.336 e. The lowest BCUT2D eigenvalue weighted by Gasteiger charge is -2.14. The number of nitrogens with zero attached hydrogens (tertiary/aromatic N) is 3. The van der Waals surface area contributed by atoms with E-state index in [9.17, 15) is 0 Å². The minimum Gasteiger partial charge on any atom is -0.336 e. The lowest BCUT2D eigenvalue weighted by atomic mass is 10.3. The second kappa shape index (κ2) is 5.68. The fraction of sp³-hybridized carbons (Fsp3) is 0.545. The van der Waals surface area contributed by atoms with E-state index in [1.54, 1.807) is 0 Å². The predicted octanol–water partition coefficient (Wildman–Crippen LogP) is 0.850. The van der Waals surface area contributed by atoms with Gasteiger partial charge in [0.1, 0.15) is 0 Å². The lowest BCUT2D eigenvalue weighted by molar-refractivity contribution is 0.351. The van der Waals surface area contributed by atoms with Crippen LogP contribution in [0.15, 0.2) is 24.7 Å². The van der Waals surface area contributed by atoms with Gasteiger partial charge in [0.25, 0.3) is 0 Å². The van der Waals surface area contributed by atoms with Crippen molar-refractivity contribution in [2.45, 2.75) is 20.0 Å². The Morgan fingerprint density at radius 2 is 2.40 bits per heavy atom. The average molecular weight is 208 g/mol. The summed E-state index contributed by atoms with van der Waals surface area (Å²) in [6.45, 7) is 9.16. The molecule has 0 amide bonds. The van der Waals surface area contributed by atoms with Gasteiger partial charge in [-0.3, -0.25) is 4.90 Å². The van der Waals surface area contributed by atoms with Crippen LogP contribution in [-0.2, 0) is 13.1 Å². The van der Waals surface area contributed by atoms with E-state index in [-0.39, 0.29) is 0 Å². The molecule has 0 saturated heterocycles. The first-order valence-electron chi connectivity index (χ1n) is 5.15. The zero-order valence-corrected chi connectivity index (χ0v) is 9.61. The third-order valence-electron chi connectivity index (χ3n) is 2.05. The first-order valence-corrected chi connectivity index (χ1v) is 5.15. The number of aromatic nitrogens is 2. The molecule has 0 aromatic carbocycles. The Hall–Kier alpha value is -1.13. The van der Waals surface area contributed by atoms with Crippen molar-refractivity contribution in [1.82, 2.24) is 14.5 Å². The molecule has 0 atom stereocenters. The summed E-state index contributed by atoms with van der Waals surface area (Å²) in [5.74, 6) is 0. The Morgan fingerprint density at radius 3 is 3.00 bits per heavy atom. The van der Waals surface area contributed by atoms with Crippen molar-refractivity contribution in [1.29, 1.82) is 0 Å². The van der Waals surface area contributed by atoms with Crippen LogP contribution in [0.25, 0.3) is 0 Å². The Kier molecular flexibility index (Phi) is 4.52. The van der Waals surface area contributed by atoms with Crippen molar-refractivity contribution in [3.63, 3.8) is 0 Å². The molecule has 0 unspecified atom stereocenters. The van der Waals surface area contributed by atoms with Gasteiger partial charge in [-0.2, -0.15) is 0 Å². The van der Waals surface area contributed by atoms with Gasteiger partial charge in [-0.25, -0.2) is 4.98 Å². The number of hydrogen-bond acceptors (Lipinski definition) is 3. The van der Waals surface area contributed by atoms with Crippen LogP contribution in [-0.4, -0.2) is 34.6 Å². The molecule has 4 heteroatoms. The average Bonchev–Trinajstić information content (AvgIpc) is 2.51. The predicted molar refractivity (Wildman–Crippen MR) is 62.4 cm³/mol. The Balaban J connectivity index is 2.45. The molecule has 1 aromatic heterocycles. The van der Waals surface area contributed by atoms with Crippen LogP contribution in [0.3, 0.4) is 0 Å². The highest BCUT2D eigenvalue weighted by molar-refractivity contribution is 4.98. The van der Waals surface area contributed by atoms with E-state index >= 15 is 0 Å². The zero-order chi connectivity index (χ0) is 11.3. The fourth-order valence-electron chi connectivity index (χ4n) is 1.55. The maximum absolute atomic E-state index is 5.47. The molecule has 0 spiro atoms. The summed E-state index contributed by atoms with van der Waals surface area (Å²) < 4.78 is 2.02. The molecule has 4 nitrogen and oxygen atoms in total. The highest BCUT2D eigenvalue weighted by atomic mass is 15.1. The molecule has 84 valence electrons. The van der Waals surface area contributed by atoms with Gasteiger partial charge in [0.2, 0.25) is 0 Å². The summed E-state index contributed by atoms with van der Waals surface area (Å²) in [5, 5.41) is 0. The first-order chi connectivity index (χ1) is 7.11. The van der Waals surface area contributed by atoms with Crippen LogP contribution in [0, 0.1) is 0 Å². The van der Waals surface area contributed by atoms with E-state index in [0.717, 1.165) is 25.3 Å². The van der Waals surface area contributed by atoms with E-state index in [2.05, 4.69) is 23.5 Å². The summed E-state index contributed by atoms with van der Waals surface area (Å²) in [4.78, 5) is 6.51. The number of rotatable bonds is 6. The standard InChI is InChI=1S/C11H20N4/c1-10(2)6-14(3)7-11-8-15(5-4-12)9-13-11/h8-9H,1,4-7,12H2,2-3H3. The monoisotopic (exact) mass is 208 g/mol. The van der Waals surface area contributed by atoms with Gasteiger partial charge in [-0.1, -0.05) is 12.2 Å². The van der Waals surface area contributed by atoms with Gasteiger partial charge in [0, 0.05) is 32.4 Å². The molecule has 0 radical (unpaired) electrons. The van der Waals surface area contributed by atoms with E-state index < -0.39 is 0 Å². The Bertz CT molecular complexity index is 316. The molecule has 1 heterocycles. The van der Waals surface area contributed by atoms with Gasteiger partial charge in [-0.05, 0) is 14.0 Å². The van der Waals surface area contributed by atoms with Crippen molar-refractivity contribution in [3.05, 3.63) is 30.4 Å². The van der Waals surface area contributed by atoms with Crippen LogP contribution in [0.4, 0.5) is 0 Å². The molecule has 0 aliphatic heterocycles. The minimum absolute atomic E-state index is 0.650. The molecule has 0 aliphatic rings. The van der Waals surface area contributed by atoms with Crippen molar-refractivity contribution in [2.24, 2.45) is 5.73 Å². The second-order valence-corrected chi connectivity index (χ2v) is 4.02. The van der Waals surface area contributed by atoms with Crippen LogP contribution in [0.5, 0.6) is 0 Å². The summed E-state index contributed by atoms with van der Waals surface area (Å²) >= 11 is 0.